The number of anilines is 1. The van der Waals surface area contributed by atoms with E-state index < -0.39 is 0 Å². The summed E-state index contributed by atoms with van der Waals surface area (Å²) < 4.78 is 0. The molecular weight excluding hydrogens is 188 g/mol. The van der Waals surface area contributed by atoms with Crippen LogP contribution in [0.1, 0.15) is 18.9 Å². The molecule has 3 heteroatoms. The van der Waals surface area contributed by atoms with Gasteiger partial charge >= 0.3 is 0 Å². The van der Waals surface area contributed by atoms with Crippen molar-refractivity contribution in [1.29, 1.82) is 0 Å². The number of hydrogen-bond donors (Lipinski definition) is 1. The van der Waals surface area contributed by atoms with Gasteiger partial charge in [0.2, 0.25) is 5.91 Å². The van der Waals surface area contributed by atoms with Crippen molar-refractivity contribution in [2.24, 2.45) is 5.73 Å². The molecule has 1 amide bonds. The highest BCUT2D eigenvalue weighted by atomic mass is 16.2. The summed E-state index contributed by atoms with van der Waals surface area (Å²) in [5.41, 5.74) is 7.66. The van der Waals surface area contributed by atoms with Crippen molar-refractivity contribution in [3.05, 3.63) is 29.8 Å². The van der Waals surface area contributed by atoms with Crippen LogP contribution in [-0.4, -0.2) is 19.0 Å². The Morgan fingerprint density at radius 2 is 2.20 bits per heavy atom. The van der Waals surface area contributed by atoms with E-state index in [4.69, 9.17) is 5.73 Å². The first-order valence-electron chi connectivity index (χ1n) is 5.09. The maximum Gasteiger partial charge on any atom is 0.228 e. The van der Waals surface area contributed by atoms with E-state index in [9.17, 15) is 4.79 Å². The molecule has 3 nitrogen and oxygen atoms in total. The summed E-state index contributed by atoms with van der Waals surface area (Å²) in [4.78, 5) is 13.4. The first-order valence-corrected chi connectivity index (χ1v) is 5.09. The van der Waals surface area contributed by atoms with Gasteiger partial charge < -0.3 is 10.6 Å². The van der Waals surface area contributed by atoms with Crippen LogP contribution in [0.2, 0.25) is 0 Å². The van der Waals surface area contributed by atoms with Gasteiger partial charge in [0.05, 0.1) is 0 Å². The van der Waals surface area contributed by atoms with Crippen molar-refractivity contribution in [2.75, 3.05) is 11.9 Å². The Kier molecular flexibility index (Phi) is 3.86. The van der Waals surface area contributed by atoms with Crippen molar-refractivity contribution in [3.63, 3.8) is 0 Å². The second-order valence-corrected chi connectivity index (χ2v) is 3.97. The minimum atomic E-state index is -0.0928. The number of carbonyl (C=O) groups is 1. The Hall–Kier alpha value is -1.35. The highest BCUT2D eigenvalue weighted by Crippen LogP contribution is 2.15. The zero-order valence-electron chi connectivity index (χ0n) is 9.53. The highest BCUT2D eigenvalue weighted by molar-refractivity contribution is 5.93. The van der Waals surface area contributed by atoms with Gasteiger partial charge in [-0.1, -0.05) is 12.1 Å². The van der Waals surface area contributed by atoms with Gasteiger partial charge in [-0.25, -0.2) is 0 Å². The first kappa shape index (κ1) is 11.7. The molecule has 0 bridgehead atoms. The van der Waals surface area contributed by atoms with Crippen molar-refractivity contribution in [1.82, 2.24) is 0 Å². The summed E-state index contributed by atoms with van der Waals surface area (Å²) in [6.07, 6.45) is 0.379. The normalized spacial score (nSPS) is 12.3. The molecule has 1 unspecified atom stereocenters. The van der Waals surface area contributed by atoms with Crippen LogP contribution in [0.15, 0.2) is 24.3 Å². The molecule has 0 aliphatic heterocycles. The fourth-order valence-corrected chi connectivity index (χ4v) is 1.39. The van der Waals surface area contributed by atoms with Crippen molar-refractivity contribution < 1.29 is 4.79 Å². The lowest BCUT2D eigenvalue weighted by Crippen LogP contribution is -2.31. The van der Waals surface area contributed by atoms with Crippen LogP contribution >= 0.6 is 0 Å². The van der Waals surface area contributed by atoms with Gasteiger partial charge in [0.15, 0.2) is 0 Å². The molecule has 2 N–H and O–H groups in total. The van der Waals surface area contributed by atoms with Gasteiger partial charge in [0.25, 0.3) is 0 Å². The summed E-state index contributed by atoms with van der Waals surface area (Å²) in [5, 5.41) is 0. The average molecular weight is 206 g/mol. The Morgan fingerprint density at radius 1 is 1.53 bits per heavy atom. The zero-order chi connectivity index (χ0) is 11.4. The molecule has 0 spiro atoms. The number of nitrogens with two attached hydrogens (primary N) is 1. The largest absolute Gasteiger partial charge is 0.327 e. The summed E-state index contributed by atoms with van der Waals surface area (Å²) >= 11 is 0. The third-order valence-electron chi connectivity index (χ3n) is 2.26. The molecule has 0 heterocycles. The van der Waals surface area contributed by atoms with Crippen molar-refractivity contribution in [2.45, 2.75) is 26.3 Å². The summed E-state index contributed by atoms with van der Waals surface area (Å²) in [6.45, 7) is 3.84. The summed E-state index contributed by atoms with van der Waals surface area (Å²) in [7, 11) is 1.78. The highest BCUT2D eigenvalue weighted by Gasteiger charge is 2.12. The standard InChI is InChI=1S/C12H18N2O/c1-9-5-4-6-11(7-9)14(3)12(15)8-10(2)13/h4-7,10H,8,13H2,1-3H3. The number of amides is 1. The lowest BCUT2D eigenvalue weighted by molar-refractivity contribution is -0.118. The SMILES string of the molecule is Cc1cccc(N(C)C(=O)CC(C)N)c1. The minimum absolute atomic E-state index is 0.0515. The van der Waals surface area contributed by atoms with E-state index in [2.05, 4.69) is 0 Å². The Balaban J connectivity index is 2.76. The van der Waals surface area contributed by atoms with E-state index in [1.165, 1.54) is 0 Å². The lowest BCUT2D eigenvalue weighted by atomic mass is 10.2. The smallest absolute Gasteiger partial charge is 0.228 e. The molecule has 1 atom stereocenters. The van der Waals surface area contributed by atoms with E-state index >= 15 is 0 Å². The summed E-state index contributed by atoms with van der Waals surface area (Å²) in [6, 6.07) is 7.77. The number of rotatable bonds is 3. The molecule has 82 valence electrons. The van der Waals surface area contributed by atoms with Gasteiger partial charge in [0, 0.05) is 25.2 Å². The zero-order valence-corrected chi connectivity index (χ0v) is 9.53. The quantitative estimate of drug-likeness (QED) is 0.818. The Bertz CT molecular complexity index is 347. The van der Waals surface area contributed by atoms with Gasteiger partial charge in [-0.3, -0.25) is 4.79 Å². The minimum Gasteiger partial charge on any atom is -0.327 e. The van der Waals surface area contributed by atoms with Crippen molar-refractivity contribution >= 4 is 11.6 Å². The number of aryl methyl sites for hydroxylation is 1. The van der Waals surface area contributed by atoms with Crippen LogP contribution in [0.25, 0.3) is 0 Å². The molecule has 0 aromatic heterocycles. The van der Waals surface area contributed by atoms with Crippen molar-refractivity contribution in [3.8, 4) is 0 Å². The predicted octanol–water partition coefficient (Wildman–Crippen LogP) is 1.70. The average Bonchev–Trinajstić information content (AvgIpc) is 2.15. The van der Waals surface area contributed by atoms with E-state index in [-0.39, 0.29) is 11.9 Å². The monoisotopic (exact) mass is 206 g/mol. The van der Waals surface area contributed by atoms with E-state index in [1.807, 2.05) is 38.1 Å². The molecule has 0 fully saturated rings. The molecule has 1 rings (SSSR count). The predicted molar refractivity (Wildman–Crippen MR) is 62.9 cm³/mol. The van der Waals surface area contributed by atoms with Crippen LogP contribution in [0.5, 0.6) is 0 Å². The molecule has 15 heavy (non-hydrogen) atoms. The van der Waals surface area contributed by atoms with Crippen LogP contribution in [-0.2, 0) is 4.79 Å². The maximum absolute atomic E-state index is 11.7. The van der Waals surface area contributed by atoms with E-state index in [0.29, 0.717) is 6.42 Å². The molecule has 0 saturated carbocycles. The van der Waals surface area contributed by atoms with Gasteiger partial charge in [-0.15, -0.1) is 0 Å². The van der Waals surface area contributed by atoms with Crippen LogP contribution in [0.4, 0.5) is 5.69 Å². The first-order chi connectivity index (χ1) is 7.00. The van der Waals surface area contributed by atoms with Gasteiger partial charge in [0.1, 0.15) is 0 Å². The van der Waals surface area contributed by atoms with E-state index in [1.54, 1.807) is 11.9 Å². The molecule has 1 aromatic carbocycles. The van der Waals surface area contributed by atoms with Gasteiger partial charge in [-0.05, 0) is 31.5 Å². The summed E-state index contributed by atoms with van der Waals surface area (Å²) in [5.74, 6) is 0.0515. The second kappa shape index (κ2) is 4.94. The Morgan fingerprint density at radius 3 is 2.73 bits per heavy atom. The third kappa shape index (κ3) is 3.36. The second-order valence-electron chi connectivity index (χ2n) is 3.97. The van der Waals surface area contributed by atoms with E-state index in [0.717, 1.165) is 11.3 Å². The van der Waals surface area contributed by atoms with Crippen LogP contribution in [0.3, 0.4) is 0 Å². The van der Waals surface area contributed by atoms with Gasteiger partial charge in [-0.2, -0.15) is 0 Å². The Labute approximate surface area is 90.9 Å². The number of carbonyl (C=O) groups excluding carboxylic acids is 1. The third-order valence-corrected chi connectivity index (χ3v) is 2.26. The number of hydrogen-bond acceptors (Lipinski definition) is 2. The molecule has 1 aromatic rings. The maximum atomic E-state index is 11.7. The fourth-order valence-electron chi connectivity index (χ4n) is 1.39. The van der Waals surface area contributed by atoms with Crippen LogP contribution in [0, 0.1) is 6.92 Å². The van der Waals surface area contributed by atoms with Crippen LogP contribution < -0.4 is 10.6 Å². The molecular formula is C12H18N2O. The molecule has 0 saturated heterocycles. The topological polar surface area (TPSA) is 46.3 Å². The number of nitrogens with zero attached hydrogens (tertiary/aromatic N) is 1. The number of benzene rings is 1. The molecule has 0 aliphatic rings. The molecule has 0 aliphatic carbocycles. The fraction of sp³-hybridized carbons (Fsp3) is 0.417. The molecule has 0 radical (unpaired) electrons. The lowest BCUT2D eigenvalue weighted by Gasteiger charge is -2.18.